The van der Waals surface area contributed by atoms with Crippen LogP contribution >= 0.6 is 11.3 Å². The van der Waals surface area contributed by atoms with E-state index in [-0.39, 0.29) is 17.2 Å². The Morgan fingerprint density at radius 1 is 0.925 bits per heavy atom. The van der Waals surface area contributed by atoms with Crippen LogP contribution in [0.1, 0.15) is 37.9 Å². The normalized spacial score (nSPS) is 14.1. The van der Waals surface area contributed by atoms with Gasteiger partial charge >= 0.3 is 0 Å². The summed E-state index contributed by atoms with van der Waals surface area (Å²) in [5, 5.41) is 11.6. The number of benzene rings is 4. The largest absolute Gasteiger partial charge is 0.496 e. The first-order valence-electron chi connectivity index (χ1n) is 17.3. The lowest BCUT2D eigenvalue weighted by Crippen LogP contribution is -2.43. The molecule has 1 atom stereocenters. The van der Waals surface area contributed by atoms with E-state index >= 15 is 0 Å². The summed E-state index contributed by atoms with van der Waals surface area (Å²) in [4.78, 5) is 47.2. The van der Waals surface area contributed by atoms with E-state index in [1.54, 1.807) is 28.7 Å². The quantitative estimate of drug-likeness (QED) is 0.110. The van der Waals surface area contributed by atoms with Gasteiger partial charge < -0.3 is 14.2 Å². The number of rotatable bonds is 10. The maximum absolute atomic E-state index is 14.8. The van der Waals surface area contributed by atoms with Crippen LogP contribution in [0, 0.1) is 10.1 Å². The second-order valence-corrected chi connectivity index (χ2v) is 13.5. The molecule has 0 aliphatic carbocycles. The fourth-order valence-corrected chi connectivity index (χ4v) is 7.99. The molecule has 10 nitrogen and oxygen atoms in total. The van der Waals surface area contributed by atoms with Gasteiger partial charge in [-0.25, -0.2) is 4.99 Å². The molecule has 0 unspecified atom stereocenters. The smallest absolute Gasteiger partial charge is 0.271 e. The number of hydrogen-bond acceptors (Lipinski definition) is 7. The van der Waals surface area contributed by atoms with Gasteiger partial charge in [0, 0.05) is 42.0 Å². The van der Waals surface area contributed by atoms with E-state index in [0.717, 1.165) is 33.8 Å². The number of allylic oxidation sites excluding steroid dienone is 1. The molecule has 7 rings (SSSR count). The summed E-state index contributed by atoms with van der Waals surface area (Å²) in [6.07, 6.45) is 1.88. The highest BCUT2D eigenvalue weighted by Crippen LogP contribution is 2.38. The number of nitro groups is 1. The molecule has 6 aromatic rings. The molecule has 11 heteroatoms. The maximum atomic E-state index is 14.8. The number of nitro benzene ring substituents is 1. The molecule has 3 heterocycles. The van der Waals surface area contributed by atoms with Crippen LogP contribution in [0.5, 0.6) is 5.75 Å². The van der Waals surface area contributed by atoms with Gasteiger partial charge in [0.2, 0.25) is 0 Å². The minimum atomic E-state index is -0.768. The predicted molar refractivity (Wildman–Crippen MR) is 208 cm³/mol. The number of likely N-dealkylation sites (N-methyl/N-ethyl adjacent to an activating group) is 1. The fraction of sp³-hybridized carbons (Fsp3) is 0.167. The van der Waals surface area contributed by atoms with Crippen LogP contribution in [0.15, 0.2) is 136 Å². The van der Waals surface area contributed by atoms with Crippen molar-refractivity contribution in [3.63, 3.8) is 0 Å². The van der Waals surface area contributed by atoms with Gasteiger partial charge in [0.1, 0.15) is 11.8 Å². The number of ether oxygens (including phenoxy) is 1. The van der Waals surface area contributed by atoms with E-state index in [2.05, 4.69) is 4.57 Å². The third-order valence-corrected chi connectivity index (χ3v) is 10.5. The Bertz CT molecular complexity index is 2550. The summed E-state index contributed by atoms with van der Waals surface area (Å²) in [5.41, 5.74) is 6.32. The Kier molecular flexibility index (Phi) is 9.75. The molecular weight excluding hydrogens is 687 g/mol. The zero-order valence-corrected chi connectivity index (χ0v) is 30.5. The predicted octanol–water partition coefficient (Wildman–Crippen LogP) is 7.15. The Hall–Kier alpha value is -6.33. The number of nitrogens with zero attached hydrogens (tertiary/aromatic N) is 5. The lowest BCUT2D eigenvalue weighted by Gasteiger charge is -2.29. The Balaban J connectivity index is 1.51. The van der Waals surface area contributed by atoms with Gasteiger partial charge in [-0.3, -0.25) is 24.3 Å². The average molecular weight is 724 g/mol. The molecule has 0 fully saturated rings. The number of aromatic nitrogens is 2. The van der Waals surface area contributed by atoms with Crippen molar-refractivity contribution >= 4 is 29.0 Å². The summed E-state index contributed by atoms with van der Waals surface area (Å²) >= 11 is 1.27. The molecule has 4 aromatic carbocycles. The zero-order valence-electron chi connectivity index (χ0n) is 29.7. The highest BCUT2D eigenvalue weighted by Gasteiger charge is 2.35. The first-order chi connectivity index (χ1) is 25.7. The van der Waals surface area contributed by atoms with Gasteiger partial charge in [-0.15, -0.1) is 0 Å². The van der Waals surface area contributed by atoms with E-state index in [1.165, 1.54) is 23.5 Å². The number of methoxy groups -OCH3 is 1. The lowest BCUT2D eigenvalue weighted by molar-refractivity contribution is -0.384. The molecule has 0 saturated carbocycles. The van der Waals surface area contributed by atoms with Gasteiger partial charge in [0.25, 0.3) is 17.2 Å². The molecule has 1 aliphatic heterocycles. The van der Waals surface area contributed by atoms with Gasteiger partial charge in [-0.05, 0) is 62.2 Å². The molecule has 0 saturated heterocycles. The number of non-ortho nitro benzene ring substituents is 1. The Morgan fingerprint density at radius 3 is 2.17 bits per heavy atom. The van der Waals surface area contributed by atoms with E-state index < -0.39 is 11.0 Å². The second-order valence-electron chi connectivity index (χ2n) is 12.5. The number of hydrogen-bond donors (Lipinski definition) is 0. The number of carbonyl (C=O) groups is 1. The monoisotopic (exact) mass is 723 g/mol. The molecular formula is C42H37N5O5S. The molecule has 0 N–H and O–H groups in total. The molecule has 53 heavy (non-hydrogen) atoms. The van der Waals surface area contributed by atoms with E-state index in [9.17, 15) is 19.7 Å². The maximum Gasteiger partial charge on any atom is 0.271 e. The van der Waals surface area contributed by atoms with Crippen LogP contribution < -0.4 is 19.6 Å². The van der Waals surface area contributed by atoms with Crippen LogP contribution in [-0.2, 0) is 4.79 Å². The molecule has 0 radical (unpaired) electrons. The van der Waals surface area contributed by atoms with Crippen LogP contribution in [0.4, 0.5) is 5.69 Å². The van der Waals surface area contributed by atoms with Crippen LogP contribution in [-0.4, -0.2) is 45.1 Å². The number of carbonyl (C=O) groups excluding carboxylic acids is 1. The van der Waals surface area contributed by atoms with Gasteiger partial charge in [0.05, 0.1) is 39.2 Å². The number of amides is 1. The van der Waals surface area contributed by atoms with Crippen molar-refractivity contribution < 1.29 is 14.5 Å². The SMILES string of the molecule is CCN(CC)C(=O)C1=C(C)N=c2s/c(=C/c3cc(-c4ccccc4)n(-c4ccc([N+](=O)[O-])cc4)c3-c3ccccc3)c(=O)n2[C@@H]1c1ccccc1OC. The Morgan fingerprint density at radius 2 is 1.55 bits per heavy atom. The first kappa shape index (κ1) is 35.1. The highest BCUT2D eigenvalue weighted by molar-refractivity contribution is 7.07. The molecule has 0 spiro atoms. The summed E-state index contributed by atoms with van der Waals surface area (Å²) < 4.78 is 9.90. The Labute approximate surface area is 310 Å². The van der Waals surface area contributed by atoms with Gasteiger partial charge in [-0.1, -0.05) is 90.2 Å². The summed E-state index contributed by atoms with van der Waals surface area (Å²) in [7, 11) is 1.58. The van der Waals surface area contributed by atoms with E-state index in [1.807, 2.05) is 118 Å². The third kappa shape index (κ3) is 6.40. The molecule has 0 bridgehead atoms. The summed E-state index contributed by atoms with van der Waals surface area (Å²) in [6, 6.07) is 34.9. The molecule has 2 aromatic heterocycles. The van der Waals surface area contributed by atoms with Crippen molar-refractivity contribution in [2.24, 2.45) is 4.99 Å². The topological polar surface area (TPSA) is 112 Å². The van der Waals surface area contributed by atoms with Crippen LogP contribution in [0.25, 0.3) is 34.3 Å². The molecule has 1 aliphatic rings. The minimum Gasteiger partial charge on any atom is -0.496 e. The first-order valence-corrected chi connectivity index (χ1v) is 18.1. The zero-order chi connectivity index (χ0) is 37.2. The second kappa shape index (κ2) is 14.7. The number of fused-ring (bicyclic) bond motifs is 1. The van der Waals surface area contributed by atoms with Gasteiger partial charge in [-0.2, -0.15) is 0 Å². The van der Waals surface area contributed by atoms with Crippen molar-refractivity contribution in [2.75, 3.05) is 20.2 Å². The lowest BCUT2D eigenvalue weighted by atomic mass is 9.94. The van der Waals surface area contributed by atoms with Crippen molar-refractivity contribution in [1.29, 1.82) is 0 Å². The van der Waals surface area contributed by atoms with E-state index in [4.69, 9.17) is 9.73 Å². The third-order valence-electron chi connectivity index (χ3n) is 9.49. The average Bonchev–Trinajstić information content (AvgIpc) is 3.72. The fourth-order valence-electron chi connectivity index (χ4n) is 6.95. The summed E-state index contributed by atoms with van der Waals surface area (Å²) in [6.45, 7) is 6.70. The summed E-state index contributed by atoms with van der Waals surface area (Å²) in [5.74, 6) is 0.381. The highest BCUT2D eigenvalue weighted by atomic mass is 32.1. The van der Waals surface area contributed by atoms with Gasteiger partial charge in [0.15, 0.2) is 4.80 Å². The van der Waals surface area contributed by atoms with Crippen LogP contribution in [0.2, 0.25) is 0 Å². The van der Waals surface area contributed by atoms with Crippen molar-refractivity contribution in [1.82, 2.24) is 14.0 Å². The standard InChI is InChI=1S/C42H37N5O5S/c1-5-44(6-2)41(49)37-27(3)43-42-46(39(37)33-19-13-14-20-35(33)52-4)40(48)36(53-42)26-30-25-34(28-15-9-7-10-16-28)45(38(30)29-17-11-8-12-18-29)31-21-23-32(24-22-31)47(50)51/h7-26,39H,5-6H2,1-4H3/b36-26+/t39-/m1/s1. The minimum absolute atomic E-state index is 0.0106. The van der Waals surface area contributed by atoms with Crippen molar-refractivity contribution in [3.8, 4) is 34.0 Å². The number of para-hydroxylation sites is 1. The molecule has 1 amide bonds. The number of thiazole rings is 1. The van der Waals surface area contributed by atoms with Crippen molar-refractivity contribution in [2.45, 2.75) is 26.8 Å². The van der Waals surface area contributed by atoms with E-state index in [0.29, 0.717) is 45.0 Å². The van der Waals surface area contributed by atoms with Crippen molar-refractivity contribution in [3.05, 3.63) is 167 Å². The van der Waals surface area contributed by atoms with Crippen LogP contribution in [0.3, 0.4) is 0 Å². The molecule has 266 valence electrons.